The Balaban J connectivity index is 2.49. The number of hydrogen-bond acceptors (Lipinski definition) is 4. The number of nitrogens with zero attached hydrogens (tertiary/aromatic N) is 1. The maximum absolute atomic E-state index is 11.9. The van der Waals surface area contributed by atoms with Crippen LogP contribution in [-0.2, 0) is 10.0 Å². The molecule has 1 rings (SSSR count). The van der Waals surface area contributed by atoms with Crippen LogP contribution in [0.15, 0.2) is 23.4 Å². The van der Waals surface area contributed by atoms with Crippen LogP contribution in [0.3, 0.4) is 0 Å². The van der Waals surface area contributed by atoms with E-state index in [0.717, 1.165) is 19.3 Å². The molecule has 0 amide bonds. The Labute approximate surface area is 109 Å². The zero-order valence-electron chi connectivity index (χ0n) is 10.9. The van der Waals surface area contributed by atoms with Crippen LogP contribution >= 0.6 is 0 Å². The summed E-state index contributed by atoms with van der Waals surface area (Å²) in [5.41, 5.74) is 5.84. The fourth-order valence-electron chi connectivity index (χ4n) is 1.58. The van der Waals surface area contributed by atoms with Gasteiger partial charge in [0.1, 0.15) is 4.90 Å². The molecule has 0 atom stereocenters. The molecule has 0 aliphatic carbocycles. The van der Waals surface area contributed by atoms with Crippen molar-refractivity contribution in [1.29, 1.82) is 0 Å². The third kappa shape index (κ3) is 4.62. The topological polar surface area (TPSA) is 85.1 Å². The van der Waals surface area contributed by atoms with Gasteiger partial charge in [-0.05, 0) is 18.4 Å². The number of nitrogens with one attached hydrogen (secondary N) is 1. The van der Waals surface area contributed by atoms with Gasteiger partial charge < -0.3 is 5.73 Å². The number of pyridine rings is 1. The van der Waals surface area contributed by atoms with Gasteiger partial charge in [-0.3, -0.25) is 4.98 Å². The maximum atomic E-state index is 11.9. The Hall–Kier alpha value is -1.14. The fraction of sp³-hybridized carbons (Fsp3) is 0.583. The summed E-state index contributed by atoms with van der Waals surface area (Å²) in [7, 11) is -3.53. The molecule has 0 saturated carbocycles. The molecule has 18 heavy (non-hydrogen) atoms. The number of hydrogen-bond donors (Lipinski definition) is 2. The third-order valence-corrected chi connectivity index (χ3v) is 4.11. The summed E-state index contributed by atoms with van der Waals surface area (Å²) in [6.07, 6.45) is 5.69. The summed E-state index contributed by atoms with van der Waals surface area (Å²) in [6.45, 7) is 4.74. The highest BCUT2D eigenvalue weighted by Crippen LogP contribution is 2.15. The van der Waals surface area contributed by atoms with Crippen molar-refractivity contribution in [3.63, 3.8) is 0 Å². The van der Waals surface area contributed by atoms with E-state index in [1.165, 1.54) is 18.5 Å². The van der Waals surface area contributed by atoms with E-state index >= 15 is 0 Å². The quantitative estimate of drug-likeness (QED) is 0.740. The second kappa shape index (κ2) is 6.70. The summed E-state index contributed by atoms with van der Waals surface area (Å²) in [4.78, 5) is 3.83. The average molecular weight is 271 g/mol. The zero-order valence-corrected chi connectivity index (χ0v) is 11.7. The van der Waals surface area contributed by atoms with Gasteiger partial charge >= 0.3 is 0 Å². The largest absolute Gasteiger partial charge is 0.398 e. The SMILES string of the molecule is CC(C)CCCCNS(=O)(=O)c1cnccc1N. The molecule has 0 saturated heterocycles. The maximum Gasteiger partial charge on any atom is 0.244 e. The minimum Gasteiger partial charge on any atom is -0.398 e. The second-order valence-corrected chi connectivity index (χ2v) is 6.44. The number of anilines is 1. The first-order valence-corrected chi connectivity index (χ1v) is 7.61. The average Bonchev–Trinajstić information content (AvgIpc) is 2.28. The van der Waals surface area contributed by atoms with Crippen LogP contribution in [0.1, 0.15) is 33.1 Å². The predicted molar refractivity (Wildman–Crippen MR) is 72.5 cm³/mol. The molecule has 5 nitrogen and oxygen atoms in total. The molecule has 0 aliphatic heterocycles. The van der Waals surface area contributed by atoms with Crippen molar-refractivity contribution in [3.05, 3.63) is 18.5 Å². The van der Waals surface area contributed by atoms with Crippen LogP contribution in [0.25, 0.3) is 0 Å². The highest BCUT2D eigenvalue weighted by atomic mass is 32.2. The summed E-state index contributed by atoms with van der Waals surface area (Å²) in [5, 5.41) is 0. The predicted octanol–water partition coefficient (Wildman–Crippen LogP) is 1.77. The molecule has 6 heteroatoms. The van der Waals surface area contributed by atoms with Crippen LogP contribution in [-0.4, -0.2) is 19.9 Å². The van der Waals surface area contributed by atoms with E-state index in [4.69, 9.17) is 5.73 Å². The van der Waals surface area contributed by atoms with E-state index in [0.29, 0.717) is 12.5 Å². The zero-order chi connectivity index (χ0) is 13.6. The van der Waals surface area contributed by atoms with Gasteiger partial charge in [0.15, 0.2) is 0 Å². The normalized spacial score (nSPS) is 11.9. The van der Waals surface area contributed by atoms with Crippen LogP contribution in [0.5, 0.6) is 0 Å². The number of nitrogen functional groups attached to an aromatic ring is 1. The molecule has 0 aromatic carbocycles. The number of unbranched alkanes of at least 4 members (excludes halogenated alkanes) is 1. The summed E-state index contributed by atoms with van der Waals surface area (Å²) in [5.74, 6) is 0.649. The van der Waals surface area contributed by atoms with Crippen LogP contribution < -0.4 is 10.5 Å². The number of nitrogens with two attached hydrogens (primary N) is 1. The van der Waals surface area contributed by atoms with Crippen molar-refractivity contribution in [3.8, 4) is 0 Å². The van der Waals surface area contributed by atoms with Gasteiger partial charge in [-0.25, -0.2) is 13.1 Å². The summed E-state index contributed by atoms with van der Waals surface area (Å²) in [6, 6.07) is 1.48. The molecule has 0 unspecified atom stereocenters. The molecule has 1 aromatic rings. The minimum absolute atomic E-state index is 0.0499. The lowest BCUT2D eigenvalue weighted by atomic mass is 10.1. The number of aromatic nitrogens is 1. The first-order chi connectivity index (χ1) is 8.43. The van der Waals surface area contributed by atoms with Gasteiger partial charge in [0.05, 0.1) is 5.69 Å². The molecule has 0 aliphatic rings. The first kappa shape index (κ1) is 14.9. The van der Waals surface area contributed by atoms with Crippen LogP contribution in [0.4, 0.5) is 5.69 Å². The highest BCUT2D eigenvalue weighted by Gasteiger charge is 2.16. The molecular weight excluding hydrogens is 250 g/mol. The van der Waals surface area contributed by atoms with E-state index in [1.807, 2.05) is 0 Å². The Bertz CT molecular complexity index is 472. The van der Waals surface area contributed by atoms with Gasteiger partial charge in [-0.2, -0.15) is 0 Å². The van der Waals surface area contributed by atoms with Gasteiger partial charge in [0.2, 0.25) is 10.0 Å². The van der Waals surface area contributed by atoms with Crippen LogP contribution in [0.2, 0.25) is 0 Å². The molecule has 0 spiro atoms. The molecule has 0 radical (unpaired) electrons. The monoisotopic (exact) mass is 271 g/mol. The first-order valence-electron chi connectivity index (χ1n) is 6.12. The Morgan fingerprint density at radius 2 is 2.11 bits per heavy atom. The van der Waals surface area contributed by atoms with Crippen molar-refractivity contribution in [2.24, 2.45) is 5.92 Å². The number of sulfonamides is 1. The molecule has 1 heterocycles. The molecule has 1 aromatic heterocycles. The lowest BCUT2D eigenvalue weighted by Crippen LogP contribution is -2.25. The van der Waals surface area contributed by atoms with Gasteiger partial charge in [-0.15, -0.1) is 0 Å². The number of rotatable bonds is 7. The second-order valence-electron chi connectivity index (χ2n) is 4.70. The van der Waals surface area contributed by atoms with Crippen molar-refractivity contribution >= 4 is 15.7 Å². The smallest absolute Gasteiger partial charge is 0.244 e. The Morgan fingerprint density at radius 3 is 2.72 bits per heavy atom. The highest BCUT2D eigenvalue weighted by molar-refractivity contribution is 7.89. The van der Waals surface area contributed by atoms with Gasteiger partial charge in [0, 0.05) is 18.9 Å². The third-order valence-electron chi connectivity index (χ3n) is 2.61. The molecular formula is C12H21N3O2S. The van der Waals surface area contributed by atoms with Gasteiger partial charge in [0.25, 0.3) is 0 Å². The molecule has 0 bridgehead atoms. The summed E-state index contributed by atoms with van der Waals surface area (Å²) >= 11 is 0. The fourth-order valence-corrected chi connectivity index (χ4v) is 2.72. The summed E-state index contributed by atoms with van der Waals surface area (Å²) < 4.78 is 26.4. The standard InChI is InChI=1S/C12H21N3O2S/c1-10(2)5-3-4-7-15-18(16,17)12-9-14-8-6-11(12)13/h6,8-10,15H,3-5,7H2,1-2H3,(H2,13,14). The van der Waals surface area contributed by atoms with E-state index in [2.05, 4.69) is 23.6 Å². The van der Waals surface area contributed by atoms with E-state index in [-0.39, 0.29) is 10.6 Å². The van der Waals surface area contributed by atoms with Crippen LogP contribution in [0, 0.1) is 5.92 Å². The Morgan fingerprint density at radius 1 is 1.39 bits per heavy atom. The van der Waals surface area contributed by atoms with Gasteiger partial charge in [-0.1, -0.05) is 26.7 Å². The van der Waals surface area contributed by atoms with E-state index < -0.39 is 10.0 Å². The van der Waals surface area contributed by atoms with Crippen molar-refractivity contribution < 1.29 is 8.42 Å². The Kier molecular flexibility index (Phi) is 5.55. The lowest BCUT2D eigenvalue weighted by Gasteiger charge is -2.08. The van der Waals surface area contributed by atoms with Crippen molar-refractivity contribution in [2.45, 2.75) is 38.0 Å². The van der Waals surface area contributed by atoms with E-state index in [9.17, 15) is 8.42 Å². The van der Waals surface area contributed by atoms with E-state index in [1.54, 1.807) is 0 Å². The van der Waals surface area contributed by atoms with Crippen molar-refractivity contribution in [2.75, 3.05) is 12.3 Å². The molecule has 102 valence electrons. The molecule has 3 N–H and O–H groups in total. The molecule has 0 fully saturated rings. The lowest BCUT2D eigenvalue weighted by molar-refractivity contribution is 0.530. The minimum atomic E-state index is -3.53. The van der Waals surface area contributed by atoms with Crippen molar-refractivity contribution in [1.82, 2.24) is 9.71 Å².